The number of nitriles is 1. The van der Waals surface area contributed by atoms with E-state index in [1.165, 1.54) is 6.07 Å². The lowest BCUT2D eigenvalue weighted by atomic mass is 10.1. The van der Waals surface area contributed by atoms with Crippen LogP contribution in [0.3, 0.4) is 0 Å². The second-order valence-electron chi connectivity index (χ2n) is 2.81. The van der Waals surface area contributed by atoms with Gasteiger partial charge >= 0.3 is 5.97 Å². The minimum absolute atomic E-state index is 0.284. The highest BCUT2D eigenvalue weighted by atomic mass is 35.5. The van der Waals surface area contributed by atoms with Gasteiger partial charge in [-0.25, -0.2) is 4.79 Å². The summed E-state index contributed by atoms with van der Waals surface area (Å²) in [7, 11) is 0. The molecule has 0 aliphatic heterocycles. The third kappa shape index (κ3) is 3.65. The third-order valence-electron chi connectivity index (χ3n) is 1.61. The van der Waals surface area contributed by atoms with Crippen LogP contribution in [0, 0.1) is 23.2 Å². The summed E-state index contributed by atoms with van der Waals surface area (Å²) in [6.45, 7) is 1.99. The highest BCUT2D eigenvalue weighted by Gasteiger charge is 1.98. The van der Waals surface area contributed by atoms with Crippen molar-refractivity contribution in [1.29, 1.82) is 5.26 Å². The van der Waals surface area contributed by atoms with Crippen LogP contribution >= 0.6 is 11.6 Å². The van der Waals surface area contributed by atoms with Crippen LogP contribution < -0.4 is 0 Å². The summed E-state index contributed by atoms with van der Waals surface area (Å²) in [6, 6.07) is 6.61. The van der Waals surface area contributed by atoms with Crippen molar-refractivity contribution in [1.82, 2.24) is 0 Å². The van der Waals surface area contributed by atoms with Gasteiger partial charge in [0.15, 0.2) is 0 Å². The Hall–Kier alpha value is -1.97. The van der Waals surface area contributed by atoms with Gasteiger partial charge in [-0.15, -0.1) is 0 Å². The van der Waals surface area contributed by atoms with Crippen LogP contribution in [0.2, 0.25) is 5.02 Å². The van der Waals surface area contributed by atoms with Crippen molar-refractivity contribution in [2.24, 2.45) is 0 Å². The first kappa shape index (κ1) is 12.1. The second-order valence-corrected chi connectivity index (χ2v) is 3.25. The molecule has 0 fully saturated rings. The first-order chi connectivity index (χ1) is 7.65. The number of hydrogen-bond donors (Lipinski definition) is 0. The standard InChI is InChI=1S/C12H8ClNO2/c1-2-16-12(15)4-3-9-5-10(8-14)7-11(13)6-9/h5-7H,2H2,1H3. The number of rotatable bonds is 1. The van der Waals surface area contributed by atoms with Crippen LogP contribution in [-0.2, 0) is 9.53 Å². The van der Waals surface area contributed by atoms with E-state index in [0.29, 0.717) is 16.1 Å². The lowest BCUT2D eigenvalue weighted by Gasteiger charge is -1.94. The van der Waals surface area contributed by atoms with E-state index in [4.69, 9.17) is 16.9 Å². The minimum Gasteiger partial charge on any atom is -0.456 e. The predicted molar refractivity (Wildman–Crippen MR) is 59.7 cm³/mol. The molecule has 1 aromatic rings. The van der Waals surface area contributed by atoms with E-state index in [-0.39, 0.29) is 6.61 Å². The Bertz CT molecular complexity index is 506. The minimum atomic E-state index is -0.596. The molecule has 16 heavy (non-hydrogen) atoms. The second kappa shape index (κ2) is 5.80. The number of ether oxygens (including phenoxy) is 1. The van der Waals surface area contributed by atoms with Gasteiger partial charge < -0.3 is 4.74 Å². The van der Waals surface area contributed by atoms with Crippen LogP contribution in [0.25, 0.3) is 0 Å². The molecule has 0 atom stereocenters. The summed E-state index contributed by atoms with van der Waals surface area (Å²) in [4.78, 5) is 11.0. The van der Waals surface area contributed by atoms with Gasteiger partial charge in [0.25, 0.3) is 0 Å². The lowest BCUT2D eigenvalue weighted by Crippen LogP contribution is -1.99. The Balaban J connectivity index is 2.93. The SMILES string of the molecule is CCOC(=O)C#Cc1cc(Cl)cc(C#N)c1. The fraction of sp³-hybridized carbons (Fsp3) is 0.167. The number of halogens is 1. The Morgan fingerprint density at radius 3 is 2.75 bits per heavy atom. The first-order valence-corrected chi connectivity index (χ1v) is 4.93. The molecule has 0 heterocycles. The smallest absolute Gasteiger partial charge is 0.384 e. The van der Waals surface area contributed by atoms with E-state index < -0.39 is 5.97 Å². The Kier molecular flexibility index (Phi) is 4.39. The average Bonchev–Trinajstić information content (AvgIpc) is 2.26. The molecule has 0 bridgehead atoms. The first-order valence-electron chi connectivity index (χ1n) is 4.55. The van der Waals surface area contributed by atoms with Crippen molar-refractivity contribution in [2.75, 3.05) is 6.61 Å². The summed E-state index contributed by atoms with van der Waals surface area (Å²) < 4.78 is 4.64. The van der Waals surface area contributed by atoms with Crippen molar-refractivity contribution < 1.29 is 9.53 Å². The maximum Gasteiger partial charge on any atom is 0.384 e. The van der Waals surface area contributed by atoms with Gasteiger partial charge in [0.05, 0.1) is 18.2 Å². The van der Waals surface area contributed by atoms with Gasteiger partial charge in [0.2, 0.25) is 0 Å². The fourth-order valence-corrected chi connectivity index (χ4v) is 1.25. The molecule has 4 heteroatoms. The number of hydrogen-bond acceptors (Lipinski definition) is 3. The molecular formula is C12H8ClNO2. The van der Waals surface area contributed by atoms with Crippen LogP contribution in [-0.4, -0.2) is 12.6 Å². The van der Waals surface area contributed by atoms with Gasteiger partial charge in [-0.1, -0.05) is 17.5 Å². The van der Waals surface area contributed by atoms with E-state index >= 15 is 0 Å². The molecule has 1 rings (SSSR count). The molecule has 0 radical (unpaired) electrons. The van der Waals surface area contributed by atoms with E-state index in [1.54, 1.807) is 19.1 Å². The summed E-state index contributed by atoms with van der Waals surface area (Å²) in [5.74, 6) is 4.29. The van der Waals surface area contributed by atoms with Crippen LogP contribution in [0.4, 0.5) is 0 Å². The van der Waals surface area contributed by atoms with E-state index in [1.807, 2.05) is 6.07 Å². The molecule has 0 spiro atoms. The van der Waals surface area contributed by atoms with Crippen LogP contribution in [0.1, 0.15) is 18.1 Å². The van der Waals surface area contributed by atoms with Crippen LogP contribution in [0.5, 0.6) is 0 Å². The van der Waals surface area contributed by atoms with Crippen molar-refractivity contribution in [2.45, 2.75) is 6.92 Å². The number of carbonyl (C=O) groups is 1. The normalized spacial score (nSPS) is 8.56. The van der Waals surface area contributed by atoms with Gasteiger partial charge in [-0.05, 0) is 25.1 Å². The molecule has 0 saturated carbocycles. The Labute approximate surface area is 98.6 Å². The number of carbonyl (C=O) groups excluding carboxylic acids is 1. The van der Waals surface area contributed by atoms with Crippen molar-refractivity contribution >= 4 is 17.6 Å². The molecule has 3 nitrogen and oxygen atoms in total. The van der Waals surface area contributed by atoms with Gasteiger partial charge in [-0.2, -0.15) is 5.26 Å². The van der Waals surface area contributed by atoms with E-state index in [9.17, 15) is 4.79 Å². The average molecular weight is 234 g/mol. The zero-order valence-corrected chi connectivity index (χ0v) is 9.34. The zero-order valence-electron chi connectivity index (χ0n) is 8.58. The number of esters is 1. The summed E-state index contributed by atoms with van der Waals surface area (Å²) in [6.07, 6.45) is 0. The topological polar surface area (TPSA) is 50.1 Å². The zero-order chi connectivity index (χ0) is 12.0. The summed E-state index contributed by atoms with van der Waals surface area (Å²) in [5.41, 5.74) is 0.915. The van der Waals surface area contributed by atoms with Crippen molar-refractivity contribution in [3.05, 3.63) is 34.3 Å². The monoisotopic (exact) mass is 233 g/mol. The predicted octanol–water partition coefficient (Wildman–Crippen LogP) is 2.13. The highest BCUT2D eigenvalue weighted by Crippen LogP contribution is 2.13. The molecule has 0 aliphatic rings. The molecule has 80 valence electrons. The van der Waals surface area contributed by atoms with Crippen LogP contribution in [0.15, 0.2) is 18.2 Å². The summed E-state index contributed by atoms with van der Waals surface area (Å²) >= 11 is 5.77. The van der Waals surface area contributed by atoms with Gasteiger partial charge in [-0.3, -0.25) is 0 Å². The molecule has 1 aromatic carbocycles. The number of benzene rings is 1. The maximum absolute atomic E-state index is 11.0. The quantitative estimate of drug-likeness (QED) is 0.552. The highest BCUT2D eigenvalue weighted by molar-refractivity contribution is 6.30. The third-order valence-corrected chi connectivity index (χ3v) is 1.83. The molecule has 0 saturated heterocycles. The molecule has 0 aromatic heterocycles. The van der Waals surface area contributed by atoms with Gasteiger partial charge in [0, 0.05) is 16.5 Å². The molecule has 0 amide bonds. The van der Waals surface area contributed by atoms with Gasteiger partial charge in [0.1, 0.15) is 0 Å². The van der Waals surface area contributed by atoms with E-state index in [2.05, 4.69) is 16.6 Å². The fourth-order valence-electron chi connectivity index (χ4n) is 1.02. The lowest BCUT2D eigenvalue weighted by molar-refractivity contribution is -0.136. The largest absolute Gasteiger partial charge is 0.456 e. The van der Waals surface area contributed by atoms with Crippen molar-refractivity contribution in [3.8, 4) is 17.9 Å². The molecule has 0 aliphatic carbocycles. The number of nitrogens with zero attached hydrogens (tertiary/aromatic N) is 1. The summed E-state index contributed by atoms with van der Waals surface area (Å²) in [5, 5.41) is 9.11. The maximum atomic E-state index is 11.0. The Morgan fingerprint density at radius 1 is 1.44 bits per heavy atom. The molecule has 0 N–H and O–H groups in total. The molecular weight excluding hydrogens is 226 g/mol. The Morgan fingerprint density at radius 2 is 2.12 bits per heavy atom. The van der Waals surface area contributed by atoms with Crippen molar-refractivity contribution in [3.63, 3.8) is 0 Å². The molecule has 0 unspecified atom stereocenters. The van der Waals surface area contributed by atoms with E-state index in [0.717, 1.165) is 0 Å².